The minimum Gasteiger partial charge on any atom is -0.507 e. The Bertz CT molecular complexity index is 735. The summed E-state index contributed by atoms with van der Waals surface area (Å²) in [5.41, 5.74) is -5.80. The first kappa shape index (κ1) is 25.5. The Kier molecular flexibility index (Phi) is 8.44. The number of hydrogen-bond donors (Lipinski definition) is 1. The molecule has 1 saturated carbocycles. The second-order valence-electron chi connectivity index (χ2n) is 7.81. The van der Waals surface area contributed by atoms with Crippen LogP contribution in [0.2, 0.25) is 0 Å². The summed E-state index contributed by atoms with van der Waals surface area (Å²) in [7, 11) is 0.940. The molecule has 0 atom stereocenters. The second-order valence-corrected chi connectivity index (χ2v) is 7.81. The van der Waals surface area contributed by atoms with Gasteiger partial charge in [-0.3, -0.25) is 0 Å². The highest BCUT2D eigenvalue weighted by Gasteiger charge is 2.73. The van der Waals surface area contributed by atoms with Crippen molar-refractivity contribution in [3.8, 4) is 5.75 Å². The summed E-state index contributed by atoms with van der Waals surface area (Å²) < 4.78 is 92.3. The van der Waals surface area contributed by atoms with Crippen LogP contribution < -0.4 is 0 Å². The third kappa shape index (κ3) is 5.55. The molecule has 0 unspecified atom stereocenters. The SMILES string of the molecule is CCCc1cc(C(OCOC)(C(F)(F)F)C(F)(F)F)cc(/C=C/C2CCCCC2)c1O. The van der Waals surface area contributed by atoms with Crippen LogP contribution in [0.25, 0.3) is 6.08 Å². The molecule has 176 valence electrons. The molecule has 3 nitrogen and oxygen atoms in total. The maximum Gasteiger partial charge on any atom is 0.430 e. The van der Waals surface area contributed by atoms with Gasteiger partial charge < -0.3 is 14.6 Å². The quantitative estimate of drug-likeness (QED) is 0.344. The standard InChI is InChI=1S/C22H28F6O3/c1-3-7-16-12-18(20(21(23,24)25,22(26,27)28)31-14-30-2)13-17(19(16)29)11-10-15-8-5-4-6-9-15/h10-13,15,29H,3-9,14H2,1-2H3/b11-10+. The van der Waals surface area contributed by atoms with Crippen molar-refractivity contribution in [3.05, 3.63) is 34.9 Å². The summed E-state index contributed by atoms with van der Waals surface area (Å²) in [6.07, 6.45) is -3.00. The number of rotatable bonds is 8. The first-order valence-corrected chi connectivity index (χ1v) is 10.3. The highest BCUT2D eigenvalue weighted by molar-refractivity contribution is 5.62. The van der Waals surface area contributed by atoms with Crippen LogP contribution in [0.1, 0.15) is 62.1 Å². The fourth-order valence-electron chi connectivity index (χ4n) is 3.96. The molecule has 1 aliphatic rings. The van der Waals surface area contributed by atoms with Gasteiger partial charge in [0.25, 0.3) is 5.60 Å². The Morgan fingerprint density at radius 1 is 1.03 bits per heavy atom. The summed E-state index contributed by atoms with van der Waals surface area (Å²) in [6, 6.07) is 1.44. The highest BCUT2D eigenvalue weighted by Crippen LogP contribution is 2.54. The maximum absolute atomic E-state index is 13.9. The molecule has 0 spiro atoms. The van der Waals surface area contributed by atoms with Gasteiger partial charge in [-0.1, -0.05) is 44.8 Å². The Balaban J connectivity index is 2.67. The molecule has 9 heteroatoms. The Labute approximate surface area is 178 Å². The molecule has 0 heterocycles. The van der Waals surface area contributed by atoms with E-state index in [-0.39, 0.29) is 29.2 Å². The molecule has 1 aliphatic carbocycles. The topological polar surface area (TPSA) is 38.7 Å². The van der Waals surface area contributed by atoms with E-state index in [9.17, 15) is 31.4 Å². The average molecular weight is 454 g/mol. The van der Waals surface area contributed by atoms with Gasteiger partial charge in [0.2, 0.25) is 0 Å². The molecule has 0 amide bonds. The number of ether oxygens (including phenoxy) is 2. The number of phenolic OH excluding ortho intramolecular Hbond substituents is 1. The Hall–Kier alpha value is -1.74. The van der Waals surface area contributed by atoms with Crippen molar-refractivity contribution in [1.82, 2.24) is 0 Å². The maximum atomic E-state index is 13.9. The first-order chi connectivity index (χ1) is 14.5. The third-order valence-corrected chi connectivity index (χ3v) is 5.53. The van der Waals surface area contributed by atoms with Gasteiger partial charge in [-0.25, -0.2) is 0 Å². The molecule has 0 radical (unpaired) electrons. The van der Waals surface area contributed by atoms with Crippen molar-refractivity contribution in [3.63, 3.8) is 0 Å². The van der Waals surface area contributed by atoms with Gasteiger partial charge in [0.05, 0.1) is 0 Å². The lowest BCUT2D eigenvalue weighted by atomic mass is 9.86. The Morgan fingerprint density at radius 3 is 2.16 bits per heavy atom. The zero-order valence-electron chi connectivity index (χ0n) is 17.6. The minimum atomic E-state index is -5.81. The zero-order valence-corrected chi connectivity index (χ0v) is 17.6. The summed E-state index contributed by atoms with van der Waals surface area (Å²) in [5, 5.41) is 10.5. The summed E-state index contributed by atoms with van der Waals surface area (Å²) in [4.78, 5) is 0. The average Bonchev–Trinajstić information content (AvgIpc) is 2.68. The van der Waals surface area contributed by atoms with E-state index in [0.717, 1.165) is 45.3 Å². The van der Waals surface area contributed by atoms with E-state index >= 15 is 0 Å². The van der Waals surface area contributed by atoms with E-state index < -0.39 is 30.3 Å². The highest BCUT2D eigenvalue weighted by atomic mass is 19.4. The van der Waals surface area contributed by atoms with Crippen LogP contribution >= 0.6 is 0 Å². The van der Waals surface area contributed by atoms with Gasteiger partial charge in [0.1, 0.15) is 12.5 Å². The molecule has 1 aromatic rings. The van der Waals surface area contributed by atoms with Crippen molar-refractivity contribution in [2.45, 2.75) is 69.8 Å². The molecule has 1 aromatic carbocycles. The molecular formula is C22H28F6O3. The lowest BCUT2D eigenvalue weighted by Gasteiger charge is -2.37. The smallest absolute Gasteiger partial charge is 0.430 e. The molecule has 1 fully saturated rings. The third-order valence-electron chi connectivity index (χ3n) is 5.53. The van der Waals surface area contributed by atoms with E-state index in [2.05, 4.69) is 9.47 Å². The molecule has 31 heavy (non-hydrogen) atoms. The van der Waals surface area contributed by atoms with Crippen LogP contribution in [-0.2, 0) is 21.5 Å². The number of halogens is 6. The molecule has 2 rings (SSSR count). The van der Waals surface area contributed by atoms with Gasteiger partial charge in [-0.2, -0.15) is 26.3 Å². The fraction of sp³-hybridized carbons (Fsp3) is 0.636. The molecular weight excluding hydrogens is 426 g/mol. The number of benzene rings is 1. The summed E-state index contributed by atoms with van der Waals surface area (Å²) in [5.74, 6) is -0.145. The Morgan fingerprint density at radius 2 is 1.65 bits per heavy atom. The predicted octanol–water partition coefficient (Wildman–Crippen LogP) is 6.88. The number of phenols is 1. The van der Waals surface area contributed by atoms with Crippen LogP contribution in [0.15, 0.2) is 18.2 Å². The molecule has 0 aliphatic heterocycles. The van der Waals surface area contributed by atoms with E-state index in [1.165, 1.54) is 6.08 Å². The van der Waals surface area contributed by atoms with Gasteiger partial charge in [0, 0.05) is 18.2 Å². The van der Waals surface area contributed by atoms with Crippen molar-refractivity contribution in [2.24, 2.45) is 5.92 Å². The lowest BCUT2D eigenvalue weighted by molar-refractivity contribution is -0.400. The lowest BCUT2D eigenvalue weighted by Crippen LogP contribution is -2.56. The van der Waals surface area contributed by atoms with Crippen molar-refractivity contribution < 1.29 is 40.9 Å². The van der Waals surface area contributed by atoms with Crippen LogP contribution in [0.4, 0.5) is 26.3 Å². The number of allylic oxidation sites excluding steroid dienone is 1. The van der Waals surface area contributed by atoms with E-state index in [1.54, 1.807) is 13.0 Å². The number of aromatic hydroxyl groups is 1. The molecule has 1 N–H and O–H groups in total. The molecule has 0 bridgehead atoms. The predicted molar refractivity (Wildman–Crippen MR) is 104 cm³/mol. The van der Waals surface area contributed by atoms with Gasteiger partial charge in [-0.15, -0.1) is 0 Å². The zero-order chi connectivity index (χ0) is 23.3. The van der Waals surface area contributed by atoms with Gasteiger partial charge in [-0.05, 0) is 42.9 Å². The molecule has 0 aromatic heterocycles. The van der Waals surface area contributed by atoms with E-state index in [1.807, 2.05) is 0 Å². The van der Waals surface area contributed by atoms with Crippen molar-refractivity contribution >= 4 is 6.08 Å². The van der Waals surface area contributed by atoms with Crippen LogP contribution in [0.3, 0.4) is 0 Å². The molecule has 0 saturated heterocycles. The number of alkyl halides is 6. The normalized spacial score (nSPS) is 16.9. The summed E-state index contributed by atoms with van der Waals surface area (Å²) >= 11 is 0. The summed E-state index contributed by atoms with van der Waals surface area (Å²) in [6.45, 7) is 0.502. The number of methoxy groups -OCH3 is 1. The number of aryl methyl sites for hydroxylation is 1. The van der Waals surface area contributed by atoms with Gasteiger partial charge >= 0.3 is 12.4 Å². The van der Waals surface area contributed by atoms with Crippen LogP contribution in [-0.4, -0.2) is 31.4 Å². The van der Waals surface area contributed by atoms with E-state index in [0.29, 0.717) is 12.5 Å². The monoisotopic (exact) mass is 454 g/mol. The minimum absolute atomic E-state index is 0.00202. The largest absolute Gasteiger partial charge is 0.507 e. The van der Waals surface area contributed by atoms with Gasteiger partial charge in [0.15, 0.2) is 0 Å². The fourth-order valence-corrected chi connectivity index (χ4v) is 3.96. The van der Waals surface area contributed by atoms with E-state index in [4.69, 9.17) is 0 Å². The van der Waals surface area contributed by atoms with Crippen molar-refractivity contribution in [2.75, 3.05) is 13.9 Å². The first-order valence-electron chi connectivity index (χ1n) is 10.3. The second kappa shape index (κ2) is 10.3. The van der Waals surface area contributed by atoms with Crippen LogP contribution in [0, 0.1) is 5.92 Å². The van der Waals surface area contributed by atoms with Crippen molar-refractivity contribution in [1.29, 1.82) is 0 Å². The van der Waals surface area contributed by atoms with Crippen LogP contribution in [0.5, 0.6) is 5.75 Å². The number of hydrogen-bond acceptors (Lipinski definition) is 3.